The first-order valence-corrected chi connectivity index (χ1v) is 14.5. The van der Waals surface area contributed by atoms with Gasteiger partial charge < -0.3 is 19.9 Å². The lowest BCUT2D eigenvalue weighted by Crippen LogP contribution is -2.48. The molecule has 10 heteroatoms. The second kappa shape index (κ2) is 13.1. The summed E-state index contributed by atoms with van der Waals surface area (Å²) in [5, 5.41) is 3.30. The van der Waals surface area contributed by atoms with E-state index in [1.54, 1.807) is 22.1 Å². The van der Waals surface area contributed by atoms with Crippen LogP contribution in [-0.4, -0.2) is 66.6 Å². The van der Waals surface area contributed by atoms with Crippen molar-refractivity contribution in [3.05, 3.63) is 90.2 Å². The number of nitrogens with zero attached hydrogens (tertiary/aromatic N) is 6. The van der Waals surface area contributed by atoms with Gasteiger partial charge in [-0.2, -0.15) is 4.98 Å². The average Bonchev–Trinajstić information content (AvgIpc) is 2.99. The molecule has 1 saturated heterocycles. The highest BCUT2D eigenvalue weighted by molar-refractivity contribution is 6.06. The first-order chi connectivity index (χ1) is 20.8. The summed E-state index contributed by atoms with van der Waals surface area (Å²) in [6.07, 6.45) is 5.16. The fourth-order valence-corrected chi connectivity index (χ4v) is 5.58. The topological polar surface area (TPSA) is 94.1 Å². The van der Waals surface area contributed by atoms with Gasteiger partial charge in [0.25, 0.3) is 0 Å². The molecule has 0 aliphatic carbocycles. The highest BCUT2D eigenvalue weighted by Gasteiger charge is 2.33. The number of aromatic nitrogens is 2. The van der Waals surface area contributed by atoms with E-state index in [4.69, 9.17) is 9.72 Å². The Bertz CT molecular complexity index is 1510. The summed E-state index contributed by atoms with van der Waals surface area (Å²) in [5.41, 5.74) is 6.47. The van der Waals surface area contributed by atoms with Crippen LogP contribution in [0, 0.1) is 13.8 Å². The van der Waals surface area contributed by atoms with Crippen LogP contribution in [0.3, 0.4) is 0 Å². The number of hydrogen-bond acceptors (Lipinski definition) is 8. The van der Waals surface area contributed by atoms with Gasteiger partial charge in [0.2, 0.25) is 5.95 Å². The minimum absolute atomic E-state index is 0.144. The van der Waals surface area contributed by atoms with Crippen LogP contribution >= 0.6 is 0 Å². The van der Waals surface area contributed by atoms with Crippen molar-refractivity contribution in [1.29, 1.82) is 0 Å². The number of benzene rings is 2. The minimum atomic E-state index is -0.322. The van der Waals surface area contributed by atoms with E-state index >= 15 is 0 Å². The highest BCUT2D eigenvalue weighted by Crippen LogP contribution is 2.35. The van der Waals surface area contributed by atoms with Crippen LogP contribution in [0.4, 0.5) is 33.6 Å². The standard InChI is InChI=1S/C33H39N7O3/c1-6-9-29(41)43-22-25-19-27(12-13-28(25)38-17-15-37(5)16-18-38)35-32-34-20-26-21-40(30-23(3)10-8-11-24(30)4)33(42)39(14-7-2)31(26)36-32/h6-8,10-13,19-20H,1-2,9,14-18,21-22H2,3-5H3,(H,34,35,36). The minimum Gasteiger partial charge on any atom is -0.460 e. The third kappa shape index (κ3) is 6.54. The maximum Gasteiger partial charge on any atom is 0.330 e. The van der Waals surface area contributed by atoms with Gasteiger partial charge in [-0.1, -0.05) is 30.4 Å². The molecule has 0 unspecified atom stereocenters. The van der Waals surface area contributed by atoms with Gasteiger partial charge in [-0.25, -0.2) is 9.78 Å². The quantitative estimate of drug-likeness (QED) is 0.253. The molecule has 10 nitrogen and oxygen atoms in total. The number of piperazine rings is 1. The van der Waals surface area contributed by atoms with Crippen LogP contribution in [0.2, 0.25) is 0 Å². The molecule has 5 rings (SSSR count). The molecule has 2 aliphatic heterocycles. The summed E-state index contributed by atoms with van der Waals surface area (Å²) >= 11 is 0. The molecule has 2 amide bonds. The lowest BCUT2D eigenvalue weighted by Gasteiger charge is -2.37. The van der Waals surface area contributed by atoms with Crippen molar-refractivity contribution in [1.82, 2.24) is 14.9 Å². The van der Waals surface area contributed by atoms with Gasteiger partial charge in [0.05, 0.1) is 18.7 Å². The van der Waals surface area contributed by atoms with Crippen molar-refractivity contribution in [2.45, 2.75) is 33.4 Å². The summed E-state index contributed by atoms with van der Waals surface area (Å²) in [6, 6.07) is 11.8. The zero-order chi connectivity index (χ0) is 30.5. The Kier molecular flexibility index (Phi) is 9.06. The molecule has 2 aliphatic rings. The van der Waals surface area contributed by atoms with Crippen LogP contribution in [0.1, 0.15) is 28.7 Å². The van der Waals surface area contributed by atoms with Gasteiger partial charge in [0.15, 0.2) is 0 Å². The Hall–Kier alpha value is -4.70. The Morgan fingerprint density at radius 3 is 2.51 bits per heavy atom. The van der Waals surface area contributed by atoms with Gasteiger partial charge in [0, 0.05) is 61.4 Å². The lowest BCUT2D eigenvalue weighted by molar-refractivity contribution is -0.143. The lowest BCUT2D eigenvalue weighted by atomic mass is 10.1. The van der Waals surface area contributed by atoms with Gasteiger partial charge in [-0.3, -0.25) is 14.6 Å². The molecule has 3 heterocycles. The third-order valence-electron chi connectivity index (χ3n) is 7.79. The molecule has 0 bridgehead atoms. The zero-order valence-electron chi connectivity index (χ0n) is 25.2. The number of carbonyl (C=O) groups excluding carboxylic acids is 2. The number of aryl methyl sites for hydroxylation is 2. The molecule has 0 atom stereocenters. The predicted molar refractivity (Wildman–Crippen MR) is 171 cm³/mol. The summed E-state index contributed by atoms with van der Waals surface area (Å²) in [5.74, 6) is 0.596. The van der Waals surface area contributed by atoms with Crippen LogP contribution in [-0.2, 0) is 22.7 Å². The maximum absolute atomic E-state index is 13.7. The summed E-state index contributed by atoms with van der Waals surface area (Å²) in [6.45, 7) is 16.0. The van der Waals surface area contributed by atoms with E-state index in [1.807, 2.05) is 50.2 Å². The number of hydrogen-bond donors (Lipinski definition) is 1. The number of ether oxygens (including phenoxy) is 1. The number of esters is 1. The summed E-state index contributed by atoms with van der Waals surface area (Å²) < 4.78 is 5.55. The maximum atomic E-state index is 13.7. The fourth-order valence-electron chi connectivity index (χ4n) is 5.58. The molecule has 1 aromatic heterocycles. The number of fused-ring (bicyclic) bond motifs is 1. The van der Waals surface area contributed by atoms with E-state index in [2.05, 4.69) is 40.3 Å². The molecule has 1 N–H and O–H groups in total. The van der Waals surface area contributed by atoms with Gasteiger partial charge in [-0.15, -0.1) is 13.2 Å². The SMILES string of the molecule is C=CCC(=O)OCc1cc(Nc2ncc3c(n2)N(CC=C)C(=O)N(c2c(C)cccc2C)C3)ccc1N1CCN(C)CC1. The fraction of sp³-hybridized carbons (Fsp3) is 0.333. The number of rotatable bonds is 10. The number of nitrogens with one attached hydrogen (secondary N) is 1. The number of likely N-dealkylation sites (N-methyl/N-ethyl adjacent to an activating group) is 1. The van der Waals surface area contributed by atoms with Gasteiger partial charge in [-0.05, 0) is 50.2 Å². The Morgan fingerprint density at radius 2 is 1.81 bits per heavy atom. The van der Waals surface area contributed by atoms with Crippen molar-refractivity contribution >= 4 is 40.8 Å². The number of anilines is 5. The Labute approximate surface area is 253 Å². The van der Waals surface area contributed by atoms with Crippen molar-refractivity contribution in [3.63, 3.8) is 0 Å². The van der Waals surface area contributed by atoms with Crippen molar-refractivity contribution < 1.29 is 14.3 Å². The third-order valence-corrected chi connectivity index (χ3v) is 7.79. The monoisotopic (exact) mass is 581 g/mol. The average molecular weight is 582 g/mol. The van der Waals surface area contributed by atoms with E-state index in [0.717, 1.165) is 65.5 Å². The second-order valence-corrected chi connectivity index (χ2v) is 11.0. The van der Waals surface area contributed by atoms with Crippen LogP contribution in [0.25, 0.3) is 0 Å². The molecule has 0 spiro atoms. The number of amides is 2. The van der Waals surface area contributed by atoms with Gasteiger partial charge in [0.1, 0.15) is 12.4 Å². The smallest absolute Gasteiger partial charge is 0.330 e. The molecule has 0 saturated carbocycles. The van der Waals surface area contributed by atoms with Gasteiger partial charge >= 0.3 is 12.0 Å². The van der Waals surface area contributed by atoms with Crippen molar-refractivity contribution in [2.75, 3.05) is 59.8 Å². The Balaban J connectivity index is 1.43. The molecular formula is C33H39N7O3. The molecular weight excluding hydrogens is 542 g/mol. The molecule has 2 aromatic carbocycles. The Morgan fingerprint density at radius 1 is 1.07 bits per heavy atom. The molecule has 224 valence electrons. The van der Waals surface area contributed by atoms with E-state index in [1.165, 1.54) is 6.08 Å². The number of urea groups is 1. The summed E-state index contributed by atoms with van der Waals surface area (Å²) in [4.78, 5) is 43.3. The van der Waals surface area contributed by atoms with Crippen molar-refractivity contribution in [3.8, 4) is 0 Å². The zero-order valence-corrected chi connectivity index (χ0v) is 25.2. The van der Waals surface area contributed by atoms with Crippen molar-refractivity contribution in [2.24, 2.45) is 0 Å². The van der Waals surface area contributed by atoms with E-state index in [0.29, 0.717) is 24.9 Å². The van der Waals surface area contributed by atoms with Crippen LogP contribution in [0.15, 0.2) is 67.9 Å². The summed E-state index contributed by atoms with van der Waals surface area (Å²) in [7, 11) is 2.12. The molecule has 3 aromatic rings. The first kappa shape index (κ1) is 29.8. The number of carbonyl (C=O) groups is 2. The van der Waals surface area contributed by atoms with E-state index in [-0.39, 0.29) is 25.0 Å². The van der Waals surface area contributed by atoms with E-state index in [9.17, 15) is 9.59 Å². The molecule has 43 heavy (non-hydrogen) atoms. The molecule has 1 fully saturated rings. The second-order valence-electron chi connectivity index (χ2n) is 11.0. The normalized spacial score (nSPS) is 15.2. The molecule has 0 radical (unpaired) electrons. The van der Waals surface area contributed by atoms with Crippen LogP contribution < -0.4 is 20.0 Å². The van der Waals surface area contributed by atoms with E-state index < -0.39 is 0 Å². The predicted octanol–water partition coefficient (Wildman–Crippen LogP) is 5.34. The number of para-hydroxylation sites is 1. The first-order valence-electron chi connectivity index (χ1n) is 14.5. The highest BCUT2D eigenvalue weighted by atomic mass is 16.5. The van der Waals surface area contributed by atoms with Crippen LogP contribution in [0.5, 0.6) is 0 Å². The largest absolute Gasteiger partial charge is 0.460 e.